The molecular weight excluding hydrogens is 236 g/mol. The summed E-state index contributed by atoms with van der Waals surface area (Å²) in [5.74, 6) is 2.35. The fraction of sp³-hybridized carbons (Fsp3) is 0.600. The first-order valence-electron chi connectivity index (χ1n) is 7.20. The minimum absolute atomic E-state index is 0.511. The second kappa shape index (κ2) is 4.83. The molecular formula is C15H22N4. The van der Waals surface area contributed by atoms with E-state index in [0.717, 1.165) is 29.1 Å². The Morgan fingerprint density at radius 1 is 1.16 bits per heavy atom. The molecule has 4 nitrogen and oxygen atoms in total. The molecule has 1 aliphatic rings. The number of fused-ring (bicyclic) bond motifs is 1. The third kappa shape index (κ3) is 2.57. The maximum atomic E-state index is 4.56. The third-order valence-electron chi connectivity index (χ3n) is 4.06. The van der Waals surface area contributed by atoms with Crippen LogP contribution in [0.5, 0.6) is 0 Å². The molecule has 0 spiro atoms. The van der Waals surface area contributed by atoms with Crippen molar-refractivity contribution in [3.8, 4) is 0 Å². The van der Waals surface area contributed by atoms with E-state index in [-0.39, 0.29) is 0 Å². The van der Waals surface area contributed by atoms with Crippen LogP contribution in [0.3, 0.4) is 0 Å². The van der Waals surface area contributed by atoms with Crippen LogP contribution in [0, 0.1) is 18.8 Å². The molecule has 0 aliphatic heterocycles. The van der Waals surface area contributed by atoms with Gasteiger partial charge in [-0.1, -0.05) is 19.9 Å². The molecule has 2 aromatic rings. The van der Waals surface area contributed by atoms with Gasteiger partial charge in [0.25, 0.3) is 0 Å². The summed E-state index contributed by atoms with van der Waals surface area (Å²) in [6.45, 7) is 6.73. The lowest BCUT2D eigenvalue weighted by molar-refractivity contribution is 0.280. The molecule has 2 atom stereocenters. The predicted molar refractivity (Wildman–Crippen MR) is 77.3 cm³/mol. The van der Waals surface area contributed by atoms with E-state index in [9.17, 15) is 0 Å². The van der Waals surface area contributed by atoms with Crippen molar-refractivity contribution in [2.45, 2.75) is 46.1 Å². The maximum absolute atomic E-state index is 4.56. The molecule has 1 fully saturated rings. The topological polar surface area (TPSA) is 42.2 Å². The highest BCUT2D eigenvalue weighted by Crippen LogP contribution is 2.29. The number of aromatic nitrogens is 3. The zero-order valence-electron chi connectivity index (χ0n) is 11.9. The molecule has 0 bridgehead atoms. The largest absolute Gasteiger partial charge is 0.350 e. The van der Waals surface area contributed by atoms with Crippen LogP contribution in [0.25, 0.3) is 5.65 Å². The molecule has 0 radical (unpaired) electrons. The Morgan fingerprint density at radius 3 is 2.58 bits per heavy atom. The van der Waals surface area contributed by atoms with Crippen LogP contribution in [0.4, 0.5) is 5.95 Å². The molecule has 0 aromatic carbocycles. The second-order valence-corrected chi connectivity index (χ2v) is 6.13. The summed E-state index contributed by atoms with van der Waals surface area (Å²) in [5, 5.41) is 8.07. The van der Waals surface area contributed by atoms with Crippen LogP contribution < -0.4 is 5.32 Å². The van der Waals surface area contributed by atoms with Gasteiger partial charge < -0.3 is 5.32 Å². The highest BCUT2D eigenvalue weighted by molar-refractivity contribution is 5.44. The lowest BCUT2D eigenvalue weighted by atomic mass is 9.80. The van der Waals surface area contributed by atoms with Crippen molar-refractivity contribution in [1.82, 2.24) is 14.6 Å². The Bertz CT molecular complexity index is 565. The number of anilines is 1. The van der Waals surface area contributed by atoms with Gasteiger partial charge in [-0.3, -0.25) is 0 Å². The molecule has 1 saturated carbocycles. The second-order valence-electron chi connectivity index (χ2n) is 6.13. The van der Waals surface area contributed by atoms with Crippen molar-refractivity contribution in [2.24, 2.45) is 11.8 Å². The van der Waals surface area contributed by atoms with Gasteiger partial charge in [-0.25, -0.2) is 4.52 Å². The van der Waals surface area contributed by atoms with Gasteiger partial charge in [0.15, 0.2) is 5.65 Å². The monoisotopic (exact) mass is 258 g/mol. The highest BCUT2D eigenvalue weighted by Gasteiger charge is 2.24. The van der Waals surface area contributed by atoms with Crippen molar-refractivity contribution in [2.75, 3.05) is 5.32 Å². The predicted octanol–water partition coefficient (Wildman–Crippen LogP) is 3.27. The van der Waals surface area contributed by atoms with Crippen molar-refractivity contribution >= 4 is 11.6 Å². The van der Waals surface area contributed by atoms with E-state index in [4.69, 9.17) is 0 Å². The molecule has 2 unspecified atom stereocenters. The van der Waals surface area contributed by atoms with Gasteiger partial charge in [-0.15, -0.1) is 5.10 Å². The number of hydrogen-bond donors (Lipinski definition) is 1. The molecule has 4 heteroatoms. The van der Waals surface area contributed by atoms with E-state index in [1.807, 2.05) is 16.6 Å². The van der Waals surface area contributed by atoms with Crippen molar-refractivity contribution in [3.05, 3.63) is 23.9 Å². The third-order valence-corrected chi connectivity index (χ3v) is 4.06. The quantitative estimate of drug-likeness (QED) is 0.899. The summed E-state index contributed by atoms with van der Waals surface area (Å²) < 4.78 is 1.90. The van der Waals surface area contributed by atoms with Crippen molar-refractivity contribution in [3.63, 3.8) is 0 Å². The molecule has 3 rings (SSSR count). The van der Waals surface area contributed by atoms with Crippen LogP contribution >= 0.6 is 0 Å². The SMILES string of the molecule is Cc1cccc2nc(NC3CC(C)CC(C)C3)nn12. The summed E-state index contributed by atoms with van der Waals surface area (Å²) >= 11 is 0. The maximum Gasteiger partial charge on any atom is 0.243 e. The molecule has 0 amide bonds. The van der Waals surface area contributed by atoms with Crippen molar-refractivity contribution in [1.29, 1.82) is 0 Å². The van der Waals surface area contributed by atoms with Crippen molar-refractivity contribution < 1.29 is 0 Å². The molecule has 1 N–H and O–H groups in total. The number of hydrogen-bond acceptors (Lipinski definition) is 3. The van der Waals surface area contributed by atoms with Gasteiger partial charge in [0.05, 0.1) is 0 Å². The first-order valence-corrected chi connectivity index (χ1v) is 7.20. The Balaban J connectivity index is 1.79. The van der Waals surface area contributed by atoms with E-state index in [1.165, 1.54) is 19.3 Å². The summed E-state index contributed by atoms with van der Waals surface area (Å²) in [6, 6.07) is 6.58. The summed E-state index contributed by atoms with van der Waals surface area (Å²) in [6.07, 6.45) is 3.79. The highest BCUT2D eigenvalue weighted by atomic mass is 15.4. The Labute approximate surface area is 114 Å². The van der Waals surface area contributed by atoms with E-state index in [0.29, 0.717) is 6.04 Å². The van der Waals surface area contributed by atoms with Gasteiger partial charge in [0, 0.05) is 11.7 Å². The first-order chi connectivity index (χ1) is 9.11. The van der Waals surface area contributed by atoms with Crippen LogP contribution in [0.15, 0.2) is 18.2 Å². The van der Waals surface area contributed by atoms with Gasteiger partial charge in [0.1, 0.15) is 0 Å². The van der Waals surface area contributed by atoms with Gasteiger partial charge in [-0.2, -0.15) is 4.98 Å². The lowest BCUT2D eigenvalue weighted by Gasteiger charge is -2.31. The van der Waals surface area contributed by atoms with Crippen LogP contribution in [0.1, 0.15) is 38.8 Å². The first kappa shape index (κ1) is 12.5. The molecule has 1 aliphatic carbocycles. The average molecular weight is 258 g/mol. The van der Waals surface area contributed by atoms with Gasteiger partial charge in [0.2, 0.25) is 5.95 Å². The summed E-state index contributed by atoms with van der Waals surface area (Å²) in [5.41, 5.74) is 2.03. The van der Waals surface area contributed by atoms with Crippen LogP contribution in [-0.2, 0) is 0 Å². The van der Waals surface area contributed by atoms with Crippen LogP contribution in [-0.4, -0.2) is 20.6 Å². The fourth-order valence-electron chi connectivity index (χ4n) is 3.34. The van der Waals surface area contributed by atoms with E-state index in [1.54, 1.807) is 0 Å². The molecule has 2 aromatic heterocycles. The minimum Gasteiger partial charge on any atom is -0.350 e. The fourth-order valence-corrected chi connectivity index (χ4v) is 3.34. The number of nitrogens with one attached hydrogen (secondary N) is 1. The molecule has 0 saturated heterocycles. The summed E-state index contributed by atoms with van der Waals surface area (Å²) in [4.78, 5) is 4.56. The zero-order chi connectivity index (χ0) is 13.4. The van der Waals surface area contributed by atoms with E-state index in [2.05, 4.69) is 42.2 Å². The van der Waals surface area contributed by atoms with Gasteiger partial charge in [-0.05, 0) is 50.2 Å². The number of nitrogens with zero attached hydrogens (tertiary/aromatic N) is 3. The molecule has 2 heterocycles. The van der Waals surface area contributed by atoms with E-state index < -0.39 is 0 Å². The standard InChI is InChI=1S/C15H22N4/c1-10-7-11(2)9-13(8-10)16-15-17-14-6-4-5-12(3)19(14)18-15/h4-6,10-11,13H,7-9H2,1-3H3,(H,16,18). The smallest absolute Gasteiger partial charge is 0.243 e. The molecule has 19 heavy (non-hydrogen) atoms. The lowest BCUT2D eigenvalue weighted by Crippen LogP contribution is -2.30. The zero-order valence-corrected chi connectivity index (χ0v) is 11.9. The Morgan fingerprint density at radius 2 is 1.89 bits per heavy atom. The average Bonchev–Trinajstić information content (AvgIpc) is 2.71. The minimum atomic E-state index is 0.511. The molecule has 102 valence electrons. The number of aryl methyl sites for hydroxylation is 1. The number of pyridine rings is 1. The Hall–Kier alpha value is -1.58. The Kier molecular flexibility index (Phi) is 3.17. The van der Waals surface area contributed by atoms with Gasteiger partial charge >= 0.3 is 0 Å². The number of rotatable bonds is 2. The normalized spacial score (nSPS) is 27.6. The van der Waals surface area contributed by atoms with E-state index >= 15 is 0 Å². The summed E-state index contributed by atoms with van der Waals surface area (Å²) in [7, 11) is 0. The van der Waals surface area contributed by atoms with Crippen LogP contribution in [0.2, 0.25) is 0 Å².